The average Bonchev–Trinajstić information content (AvgIpc) is 3.20. The number of carbonyl (C=O) groups is 1. The minimum atomic E-state index is -0.722. The van der Waals surface area contributed by atoms with Gasteiger partial charge in [0.05, 0.1) is 24.1 Å². The SMILES string of the molecule is O=C(Nc1cnc(-n2ccnc2)nc1)c1ccc([N+](=O)[O-])o1. The van der Waals surface area contributed by atoms with Crippen molar-refractivity contribution in [1.29, 1.82) is 0 Å². The Kier molecular flexibility index (Phi) is 3.32. The van der Waals surface area contributed by atoms with E-state index >= 15 is 0 Å². The Labute approximate surface area is 122 Å². The van der Waals surface area contributed by atoms with Gasteiger partial charge in [-0.1, -0.05) is 0 Å². The molecule has 3 heterocycles. The fourth-order valence-electron chi connectivity index (χ4n) is 1.64. The third-order valence-electron chi connectivity index (χ3n) is 2.63. The summed E-state index contributed by atoms with van der Waals surface area (Å²) in [6.07, 6.45) is 7.60. The summed E-state index contributed by atoms with van der Waals surface area (Å²) >= 11 is 0. The molecule has 0 bridgehead atoms. The summed E-state index contributed by atoms with van der Waals surface area (Å²) in [5.41, 5.74) is 0.327. The number of nitrogens with one attached hydrogen (secondary N) is 1. The first kappa shape index (κ1) is 13.4. The van der Waals surface area contributed by atoms with Gasteiger partial charge in [0.15, 0.2) is 5.76 Å². The van der Waals surface area contributed by atoms with Crippen LogP contribution in [-0.4, -0.2) is 30.3 Å². The third-order valence-corrected chi connectivity index (χ3v) is 2.63. The minimum absolute atomic E-state index is 0.176. The van der Waals surface area contributed by atoms with Crippen LogP contribution in [0.25, 0.3) is 5.95 Å². The Bertz CT molecular complexity index is 809. The number of amides is 1. The standard InChI is InChI=1S/C12H8N6O4/c19-11(9-1-2-10(22-9)18(20)21)16-8-5-14-12(15-6-8)17-4-3-13-7-17/h1-7H,(H,16,19). The summed E-state index contributed by atoms with van der Waals surface area (Å²) in [6.45, 7) is 0. The molecule has 0 saturated carbocycles. The number of carbonyl (C=O) groups excluding carboxylic acids is 1. The second kappa shape index (κ2) is 5.44. The van der Waals surface area contributed by atoms with Crippen LogP contribution in [0.5, 0.6) is 0 Å². The number of aromatic nitrogens is 4. The predicted octanol–water partition coefficient (Wildman–Crippen LogP) is 1.42. The molecule has 0 aromatic carbocycles. The number of nitrogens with zero attached hydrogens (tertiary/aromatic N) is 5. The molecule has 0 saturated heterocycles. The number of rotatable bonds is 4. The van der Waals surface area contributed by atoms with Crippen molar-refractivity contribution in [3.8, 4) is 5.95 Å². The molecular formula is C12H8N6O4. The molecule has 0 aliphatic heterocycles. The van der Waals surface area contributed by atoms with Crippen LogP contribution < -0.4 is 5.32 Å². The zero-order valence-electron chi connectivity index (χ0n) is 10.9. The molecule has 0 spiro atoms. The molecule has 110 valence electrons. The summed E-state index contributed by atoms with van der Waals surface area (Å²) < 4.78 is 6.40. The van der Waals surface area contributed by atoms with Gasteiger partial charge in [0.1, 0.15) is 11.3 Å². The quantitative estimate of drug-likeness (QED) is 0.569. The number of hydrogen-bond donors (Lipinski definition) is 1. The summed E-state index contributed by atoms with van der Waals surface area (Å²) in [5.74, 6) is -0.918. The number of furan rings is 1. The van der Waals surface area contributed by atoms with E-state index in [1.54, 1.807) is 17.0 Å². The van der Waals surface area contributed by atoms with E-state index in [4.69, 9.17) is 4.42 Å². The van der Waals surface area contributed by atoms with Crippen molar-refractivity contribution in [2.75, 3.05) is 5.32 Å². The molecular weight excluding hydrogens is 292 g/mol. The predicted molar refractivity (Wildman–Crippen MR) is 72.5 cm³/mol. The lowest BCUT2D eigenvalue weighted by molar-refractivity contribution is -0.402. The normalized spacial score (nSPS) is 10.4. The number of nitro groups is 1. The molecule has 10 heteroatoms. The molecule has 3 rings (SSSR count). The Morgan fingerprint density at radius 3 is 2.68 bits per heavy atom. The Balaban J connectivity index is 1.72. The van der Waals surface area contributed by atoms with Crippen molar-refractivity contribution >= 4 is 17.5 Å². The van der Waals surface area contributed by atoms with Crippen LogP contribution >= 0.6 is 0 Å². The van der Waals surface area contributed by atoms with Gasteiger partial charge < -0.3 is 9.73 Å². The van der Waals surface area contributed by atoms with Gasteiger partial charge in [0.2, 0.25) is 5.95 Å². The smallest absolute Gasteiger partial charge is 0.395 e. The van der Waals surface area contributed by atoms with Crippen molar-refractivity contribution in [2.24, 2.45) is 0 Å². The van der Waals surface area contributed by atoms with Gasteiger partial charge in [0, 0.05) is 12.4 Å². The zero-order chi connectivity index (χ0) is 15.5. The average molecular weight is 300 g/mol. The van der Waals surface area contributed by atoms with Crippen LogP contribution in [0.15, 0.2) is 47.7 Å². The topological polar surface area (TPSA) is 129 Å². The molecule has 3 aromatic heterocycles. The summed E-state index contributed by atoms with van der Waals surface area (Å²) in [4.78, 5) is 33.6. The van der Waals surface area contributed by atoms with Crippen LogP contribution in [-0.2, 0) is 0 Å². The van der Waals surface area contributed by atoms with Crippen molar-refractivity contribution < 1.29 is 14.1 Å². The summed E-state index contributed by atoms with van der Waals surface area (Å²) in [6, 6.07) is 2.32. The molecule has 0 fully saturated rings. The highest BCUT2D eigenvalue weighted by molar-refractivity contribution is 6.02. The van der Waals surface area contributed by atoms with E-state index in [1.807, 2.05) is 0 Å². The molecule has 0 radical (unpaired) electrons. The summed E-state index contributed by atoms with van der Waals surface area (Å²) in [5, 5.41) is 13.0. The Hall–Kier alpha value is -3.56. The van der Waals surface area contributed by atoms with Crippen molar-refractivity contribution in [3.05, 3.63) is 59.1 Å². The zero-order valence-corrected chi connectivity index (χ0v) is 10.9. The van der Waals surface area contributed by atoms with Gasteiger partial charge in [-0.25, -0.2) is 15.0 Å². The van der Waals surface area contributed by atoms with Gasteiger partial charge in [0.25, 0.3) is 5.91 Å². The molecule has 1 amide bonds. The fraction of sp³-hybridized carbons (Fsp3) is 0. The van der Waals surface area contributed by atoms with E-state index in [2.05, 4.69) is 20.3 Å². The lowest BCUT2D eigenvalue weighted by Crippen LogP contribution is -2.12. The van der Waals surface area contributed by atoms with Crippen LogP contribution in [0.3, 0.4) is 0 Å². The van der Waals surface area contributed by atoms with E-state index in [-0.39, 0.29) is 5.76 Å². The maximum absolute atomic E-state index is 11.9. The minimum Gasteiger partial charge on any atom is -0.395 e. The number of hydrogen-bond acceptors (Lipinski definition) is 7. The lowest BCUT2D eigenvalue weighted by atomic mass is 10.4. The van der Waals surface area contributed by atoms with E-state index < -0.39 is 16.7 Å². The van der Waals surface area contributed by atoms with E-state index in [9.17, 15) is 14.9 Å². The van der Waals surface area contributed by atoms with Crippen molar-refractivity contribution in [2.45, 2.75) is 0 Å². The van der Waals surface area contributed by atoms with Gasteiger partial charge in [-0.15, -0.1) is 0 Å². The van der Waals surface area contributed by atoms with Gasteiger partial charge in [-0.2, -0.15) is 0 Å². The molecule has 3 aromatic rings. The molecule has 0 aliphatic carbocycles. The van der Waals surface area contributed by atoms with E-state index in [0.29, 0.717) is 11.6 Å². The molecule has 22 heavy (non-hydrogen) atoms. The summed E-state index contributed by atoms with van der Waals surface area (Å²) in [7, 11) is 0. The maximum atomic E-state index is 11.9. The highest BCUT2D eigenvalue weighted by Crippen LogP contribution is 2.17. The maximum Gasteiger partial charge on any atom is 0.433 e. The van der Waals surface area contributed by atoms with Gasteiger partial charge >= 0.3 is 5.88 Å². The van der Waals surface area contributed by atoms with Crippen molar-refractivity contribution in [1.82, 2.24) is 19.5 Å². The monoisotopic (exact) mass is 300 g/mol. The molecule has 0 aliphatic rings. The fourth-order valence-corrected chi connectivity index (χ4v) is 1.64. The van der Waals surface area contributed by atoms with Gasteiger partial charge in [-0.3, -0.25) is 19.5 Å². The van der Waals surface area contributed by atoms with Crippen LogP contribution in [0.2, 0.25) is 0 Å². The largest absolute Gasteiger partial charge is 0.433 e. The van der Waals surface area contributed by atoms with Crippen LogP contribution in [0.1, 0.15) is 10.6 Å². The first-order valence-corrected chi connectivity index (χ1v) is 5.99. The van der Waals surface area contributed by atoms with Crippen molar-refractivity contribution in [3.63, 3.8) is 0 Å². The van der Waals surface area contributed by atoms with E-state index in [1.165, 1.54) is 24.8 Å². The highest BCUT2D eigenvalue weighted by Gasteiger charge is 2.17. The lowest BCUT2D eigenvalue weighted by Gasteiger charge is -2.03. The van der Waals surface area contributed by atoms with Crippen LogP contribution in [0.4, 0.5) is 11.6 Å². The molecule has 1 N–H and O–H groups in total. The Morgan fingerprint density at radius 2 is 2.09 bits per heavy atom. The Morgan fingerprint density at radius 1 is 1.32 bits per heavy atom. The number of anilines is 1. The highest BCUT2D eigenvalue weighted by atomic mass is 16.6. The first-order chi connectivity index (χ1) is 10.6. The van der Waals surface area contributed by atoms with Crippen LogP contribution in [0, 0.1) is 10.1 Å². The van der Waals surface area contributed by atoms with E-state index in [0.717, 1.165) is 6.07 Å². The second-order valence-corrected chi connectivity index (χ2v) is 4.09. The molecule has 10 nitrogen and oxygen atoms in total. The first-order valence-electron chi connectivity index (χ1n) is 5.99. The molecule has 0 unspecified atom stereocenters. The second-order valence-electron chi connectivity index (χ2n) is 4.09. The molecule has 0 atom stereocenters. The third kappa shape index (κ3) is 2.65. The van der Waals surface area contributed by atoms with Gasteiger partial charge in [-0.05, 0) is 6.07 Å². The number of imidazole rings is 1.